The molecule has 0 radical (unpaired) electrons. The van der Waals surface area contributed by atoms with Crippen LogP contribution in [0.4, 0.5) is 22.0 Å². The molecule has 4 nitrogen and oxygen atoms in total. The summed E-state index contributed by atoms with van der Waals surface area (Å²) in [5.74, 6) is -3.23. The summed E-state index contributed by atoms with van der Waals surface area (Å²) in [6.07, 6.45) is -2.72. The van der Waals surface area contributed by atoms with Crippen molar-refractivity contribution in [1.82, 2.24) is 15.3 Å². The van der Waals surface area contributed by atoms with Crippen molar-refractivity contribution >= 4 is 21.7 Å². The van der Waals surface area contributed by atoms with E-state index in [4.69, 9.17) is 5.11 Å². The van der Waals surface area contributed by atoms with Crippen LogP contribution in [-0.2, 0) is 12.6 Å². The number of thiazole rings is 1. The predicted molar refractivity (Wildman–Crippen MR) is 72.2 cm³/mol. The van der Waals surface area contributed by atoms with Crippen molar-refractivity contribution in [3.63, 3.8) is 0 Å². The number of alkyl halides is 5. The first-order chi connectivity index (χ1) is 10.1. The summed E-state index contributed by atoms with van der Waals surface area (Å²) in [6, 6.07) is -0.395. The number of rotatable bonds is 6. The van der Waals surface area contributed by atoms with Crippen molar-refractivity contribution < 1.29 is 27.1 Å². The molecule has 0 aliphatic carbocycles. The van der Waals surface area contributed by atoms with Crippen molar-refractivity contribution in [3.05, 3.63) is 16.8 Å². The van der Waals surface area contributed by atoms with Crippen molar-refractivity contribution in [1.29, 1.82) is 0 Å². The van der Waals surface area contributed by atoms with Gasteiger partial charge >= 0.3 is 6.18 Å². The Morgan fingerprint density at radius 1 is 1.36 bits per heavy atom. The highest BCUT2D eigenvalue weighted by atomic mass is 32.1. The molecule has 0 saturated heterocycles. The van der Waals surface area contributed by atoms with Crippen LogP contribution in [0.1, 0.15) is 17.5 Å². The molecule has 0 aliphatic heterocycles. The first-order valence-electron chi connectivity index (χ1n) is 6.38. The molecule has 0 fully saturated rings. The second-order valence-electron chi connectivity index (χ2n) is 5.01. The lowest BCUT2D eigenvalue weighted by molar-refractivity contribution is -0.137. The minimum Gasteiger partial charge on any atom is -0.390 e. The van der Waals surface area contributed by atoms with E-state index in [1.807, 2.05) is 0 Å². The minimum atomic E-state index is -4.51. The fourth-order valence-corrected chi connectivity index (χ4v) is 2.83. The molecule has 1 atom stereocenters. The summed E-state index contributed by atoms with van der Waals surface area (Å²) in [7, 11) is 0. The zero-order valence-corrected chi connectivity index (χ0v) is 12.3. The maximum atomic E-state index is 12.9. The zero-order valence-electron chi connectivity index (χ0n) is 11.5. The molecule has 0 saturated carbocycles. The third kappa shape index (κ3) is 3.93. The molecule has 124 valence electrons. The van der Waals surface area contributed by atoms with Gasteiger partial charge in [0.15, 0.2) is 0 Å². The highest BCUT2D eigenvalue weighted by Gasteiger charge is 2.35. The normalized spacial score (nSPS) is 14.7. The van der Waals surface area contributed by atoms with E-state index in [9.17, 15) is 22.0 Å². The summed E-state index contributed by atoms with van der Waals surface area (Å²) in [5, 5.41) is 10.1. The van der Waals surface area contributed by atoms with E-state index in [0.29, 0.717) is 21.6 Å². The average molecular weight is 343 g/mol. The lowest BCUT2D eigenvalue weighted by Crippen LogP contribution is -2.40. The van der Waals surface area contributed by atoms with Gasteiger partial charge in [-0.25, -0.2) is 13.8 Å². The van der Waals surface area contributed by atoms with Crippen LogP contribution in [0.5, 0.6) is 0 Å². The van der Waals surface area contributed by atoms with Crippen LogP contribution in [0, 0.1) is 0 Å². The molecule has 0 spiro atoms. The summed E-state index contributed by atoms with van der Waals surface area (Å²) in [4.78, 5) is 6.13. The predicted octanol–water partition coefficient (Wildman–Crippen LogP) is 2.79. The van der Waals surface area contributed by atoms with Gasteiger partial charge in [-0.1, -0.05) is 0 Å². The molecular weight excluding hydrogens is 329 g/mol. The number of aromatic nitrogens is 2. The van der Waals surface area contributed by atoms with Gasteiger partial charge in [0.1, 0.15) is 12.3 Å². The van der Waals surface area contributed by atoms with Crippen molar-refractivity contribution in [2.75, 3.05) is 13.2 Å². The number of fused-ring (bicyclic) bond motifs is 1. The Labute approximate surface area is 126 Å². The van der Waals surface area contributed by atoms with Gasteiger partial charge in [0.25, 0.3) is 5.92 Å². The topological polar surface area (TPSA) is 60.9 Å². The van der Waals surface area contributed by atoms with Crippen LogP contribution >= 0.6 is 11.3 Å². The van der Waals surface area contributed by atoms with E-state index in [1.54, 1.807) is 6.92 Å². The molecule has 2 rings (SSSR count). The molecule has 10 heteroatoms. The maximum Gasteiger partial charge on any atom is 0.443 e. The third-order valence-electron chi connectivity index (χ3n) is 3.01. The van der Waals surface area contributed by atoms with Crippen LogP contribution in [0.3, 0.4) is 0 Å². The second kappa shape index (κ2) is 6.09. The van der Waals surface area contributed by atoms with E-state index in [2.05, 4.69) is 15.3 Å². The Balaban J connectivity index is 2.06. The maximum absolute atomic E-state index is 12.9. The number of aliphatic hydroxyl groups is 1. The fraction of sp³-hybridized carbons (Fsp3) is 0.583. The van der Waals surface area contributed by atoms with Crippen LogP contribution in [0.2, 0.25) is 0 Å². The van der Waals surface area contributed by atoms with Crippen LogP contribution < -0.4 is 5.32 Å². The van der Waals surface area contributed by atoms with Crippen LogP contribution in [0.25, 0.3) is 10.3 Å². The van der Waals surface area contributed by atoms with Gasteiger partial charge in [-0.2, -0.15) is 13.2 Å². The molecule has 2 aromatic heterocycles. The van der Waals surface area contributed by atoms with Gasteiger partial charge in [-0.15, -0.1) is 11.3 Å². The van der Waals surface area contributed by atoms with Gasteiger partial charge in [0.05, 0.1) is 11.2 Å². The molecule has 0 amide bonds. The van der Waals surface area contributed by atoms with E-state index in [1.165, 1.54) is 6.20 Å². The SMILES string of the molecule is CC(Cc1c[nH]c2nc(C(F)(F)F)sc12)NCC(F)(F)CO. The Kier molecular flexibility index (Phi) is 4.73. The van der Waals surface area contributed by atoms with Crippen molar-refractivity contribution in [3.8, 4) is 0 Å². The fourth-order valence-electron chi connectivity index (χ4n) is 1.91. The second-order valence-corrected chi connectivity index (χ2v) is 6.01. The largest absolute Gasteiger partial charge is 0.443 e. The quantitative estimate of drug-likeness (QED) is 0.707. The zero-order chi connectivity index (χ0) is 16.5. The first-order valence-corrected chi connectivity index (χ1v) is 7.20. The van der Waals surface area contributed by atoms with E-state index in [0.717, 1.165) is 0 Å². The number of hydrogen-bond donors (Lipinski definition) is 3. The number of aliphatic hydroxyl groups excluding tert-OH is 1. The van der Waals surface area contributed by atoms with E-state index < -0.39 is 36.3 Å². The Morgan fingerprint density at radius 2 is 2.05 bits per heavy atom. The highest BCUT2D eigenvalue weighted by molar-refractivity contribution is 7.18. The molecule has 0 aromatic carbocycles. The van der Waals surface area contributed by atoms with Gasteiger partial charge < -0.3 is 15.4 Å². The molecule has 0 aliphatic rings. The molecular formula is C12H14F5N3OS. The number of hydrogen-bond acceptors (Lipinski definition) is 4. The number of nitrogens with one attached hydrogen (secondary N) is 2. The smallest absolute Gasteiger partial charge is 0.390 e. The molecule has 22 heavy (non-hydrogen) atoms. The molecule has 2 heterocycles. The standard InChI is InChI=1S/C12H14F5N3OS/c1-6(19-4-11(13,14)5-21)2-7-3-18-9-8(7)22-10(20-9)12(15,16)17/h3,6,18-19,21H,2,4-5H2,1H3. The van der Waals surface area contributed by atoms with Crippen LogP contribution in [0.15, 0.2) is 6.20 Å². The molecule has 1 unspecified atom stereocenters. The molecule has 2 aromatic rings. The summed E-state index contributed by atoms with van der Waals surface area (Å²) < 4.78 is 64.0. The lowest BCUT2D eigenvalue weighted by Gasteiger charge is -2.18. The Morgan fingerprint density at radius 3 is 2.64 bits per heavy atom. The van der Waals surface area contributed by atoms with Gasteiger partial charge in [-0.05, 0) is 18.9 Å². The minimum absolute atomic E-state index is 0.139. The lowest BCUT2D eigenvalue weighted by atomic mass is 10.1. The van der Waals surface area contributed by atoms with E-state index in [-0.39, 0.29) is 12.1 Å². The number of H-pyrrole nitrogens is 1. The molecule has 0 bridgehead atoms. The third-order valence-corrected chi connectivity index (χ3v) is 4.19. The Hall–Kier alpha value is -1.26. The van der Waals surface area contributed by atoms with Gasteiger partial charge in [0, 0.05) is 12.2 Å². The summed E-state index contributed by atoms with van der Waals surface area (Å²) in [5.41, 5.74) is 0.718. The van der Waals surface area contributed by atoms with Crippen LogP contribution in [-0.4, -0.2) is 40.2 Å². The van der Waals surface area contributed by atoms with Crippen molar-refractivity contribution in [2.24, 2.45) is 0 Å². The summed E-state index contributed by atoms with van der Waals surface area (Å²) in [6.45, 7) is -0.322. The Bertz CT molecular complexity index is 636. The molecule has 3 N–H and O–H groups in total. The highest BCUT2D eigenvalue weighted by Crippen LogP contribution is 2.36. The van der Waals surface area contributed by atoms with Crippen molar-refractivity contribution in [2.45, 2.75) is 31.5 Å². The monoisotopic (exact) mass is 343 g/mol. The first kappa shape index (κ1) is 17.1. The van der Waals surface area contributed by atoms with Gasteiger partial charge in [0.2, 0.25) is 5.01 Å². The number of halogens is 5. The number of aromatic amines is 1. The average Bonchev–Trinajstić information content (AvgIpc) is 2.98. The van der Waals surface area contributed by atoms with Gasteiger partial charge in [-0.3, -0.25) is 0 Å². The summed E-state index contributed by atoms with van der Waals surface area (Å²) >= 11 is 0.524. The van der Waals surface area contributed by atoms with E-state index >= 15 is 0 Å². The number of nitrogens with zero attached hydrogens (tertiary/aromatic N) is 1.